The predicted molar refractivity (Wildman–Crippen MR) is 49.4 cm³/mol. The van der Waals surface area contributed by atoms with Gasteiger partial charge in [0.2, 0.25) is 0 Å². The van der Waals surface area contributed by atoms with Crippen LogP contribution in [0.5, 0.6) is 0 Å². The van der Waals surface area contributed by atoms with Crippen molar-refractivity contribution in [3.63, 3.8) is 0 Å². The number of carbonyl (C=O) groups is 2. The lowest BCUT2D eigenvalue weighted by Crippen LogP contribution is -2.30. The summed E-state index contributed by atoms with van der Waals surface area (Å²) in [5, 5.41) is 0. The first-order valence-electron chi connectivity index (χ1n) is 4.44. The topological polar surface area (TPSA) is 52.6 Å². The Hall–Kier alpha value is -1.32. The van der Waals surface area contributed by atoms with Crippen LogP contribution in [0.15, 0.2) is 12.7 Å². The Morgan fingerprint density at radius 1 is 1.79 bits per heavy atom. The highest BCUT2D eigenvalue weighted by Crippen LogP contribution is 2.34. The number of carbonyl (C=O) groups excluding carboxylic acids is 2. The second-order valence-corrected chi connectivity index (χ2v) is 3.98. The molecule has 0 aromatic carbocycles. The van der Waals surface area contributed by atoms with E-state index >= 15 is 0 Å². The first-order chi connectivity index (χ1) is 6.45. The SMILES string of the molecule is C=CC(=O)OCC1OC(=O)CC1(C)C. The number of hydrogen-bond acceptors (Lipinski definition) is 4. The average molecular weight is 198 g/mol. The number of esters is 2. The first kappa shape index (κ1) is 10.8. The zero-order chi connectivity index (χ0) is 10.8. The molecule has 1 unspecified atom stereocenters. The van der Waals surface area contributed by atoms with Crippen molar-refractivity contribution in [3.05, 3.63) is 12.7 Å². The van der Waals surface area contributed by atoms with E-state index in [2.05, 4.69) is 6.58 Å². The van der Waals surface area contributed by atoms with Crippen LogP contribution < -0.4 is 0 Å². The molecule has 1 saturated heterocycles. The van der Waals surface area contributed by atoms with E-state index in [1.54, 1.807) is 0 Å². The minimum Gasteiger partial charge on any atom is -0.459 e. The average Bonchev–Trinajstić information content (AvgIpc) is 2.35. The largest absolute Gasteiger partial charge is 0.459 e. The zero-order valence-corrected chi connectivity index (χ0v) is 8.41. The molecule has 0 aromatic rings. The van der Waals surface area contributed by atoms with E-state index < -0.39 is 5.97 Å². The van der Waals surface area contributed by atoms with Crippen molar-refractivity contribution in [3.8, 4) is 0 Å². The van der Waals surface area contributed by atoms with Gasteiger partial charge in [0.05, 0.1) is 6.42 Å². The zero-order valence-electron chi connectivity index (χ0n) is 8.41. The molecule has 0 bridgehead atoms. The Labute approximate surface area is 82.9 Å². The molecule has 0 saturated carbocycles. The van der Waals surface area contributed by atoms with Gasteiger partial charge in [0.1, 0.15) is 12.7 Å². The molecule has 1 rings (SSSR count). The molecule has 1 atom stereocenters. The number of hydrogen-bond donors (Lipinski definition) is 0. The van der Waals surface area contributed by atoms with Crippen molar-refractivity contribution < 1.29 is 19.1 Å². The summed E-state index contributed by atoms with van der Waals surface area (Å²) < 4.78 is 9.85. The van der Waals surface area contributed by atoms with Crippen LogP contribution in [-0.2, 0) is 19.1 Å². The fourth-order valence-electron chi connectivity index (χ4n) is 1.32. The van der Waals surface area contributed by atoms with E-state index in [4.69, 9.17) is 9.47 Å². The van der Waals surface area contributed by atoms with Gasteiger partial charge in [-0.05, 0) is 0 Å². The van der Waals surface area contributed by atoms with Gasteiger partial charge in [-0.2, -0.15) is 0 Å². The van der Waals surface area contributed by atoms with Crippen LogP contribution in [-0.4, -0.2) is 24.6 Å². The van der Waals surface area contributed by atoms with E-state index in [9.17, 15) is 9.59 Å². The van der Waals surface area contributed by atoms with Crippen molar-refractivity contribution >= 4 is 11.9 Å². The Morgan fingerprint density at radius 2 is 2.43 bits per heavy atom. The quantitative estimate of drug-likeness (QED) is 0.502. The second kappa shape index (κ2) is 3.82. The Bertz CT molecular complexity index is 267. The summed E-state index contributed by atoms with van der Waals surface area (Å²) >= 11 is 0. The van der Waals surface area contributed by atoms with E-state index in [0.29, 0.717) is 6.42 Å². The molecule has 0 aliphatic carbocycles. The maximum absolute atomic E-state index is 11.0. The van der Waals surface area contributed by atoms with Crippen molar-refractivity contribution in [2.45, 2.75) is 26.4 Å². The third-order valence-corrected chi connectivity index (χ3v) is 2.29. The maximum Gasteiger partial charge on any atom is 0.330 e. The van der Waals surface area contributed by atoms with Crippen LogP contribution in [0.4, 0.5) is 0 Å². The summed E-state index contributed by atoms with van der Waals surface area (Å²) in [5.41, 5.74) is -0.265. The van der Waals surface area contributed by atoms with Crippen molar-refractivity contribution in [2.24, 2.45) is 5.41 Å². The lowest BCUT2D eigenvalue weighted by Gasteiger charge is -2.22. The number of ether oxygens (including phenoxy) is 2. The summed E-state index contributed by atoms with van der Waals surface area (Å²) in [5.74, 6) is -0.738. The van der Waals surface area contributed by atoms with Crippen LogP contribution in [0.25, 0.3) is 0 Å². The Kier molecular flexibility index (Phi) is 2.93. The molecule has 1 aliphatic rings. The van der Waals surface area contributed by atoms with Crippen molar-refractivity contribution in [1.82, 2.24) is 0 Å². The lowest BCUT2D eigenvalue weighted by molar-refractivity contribution is -0.151. The van der Waals surface area contributed by atoms with Crippen LogP contribution >= 0.6 is 0 Å². The maximum atomic E-state index is 11.0. The normalized spacial score (nSPS) is 24.1. The van der Waals surface area contributed by atoms with Gasteiger partial charge in [0.25, 0.3) is 0 Å². The lowest BCUT2D eigenvalue weighted by atomic mass is 9.86. The van der Waals surface area contributed by atoms with E-state index in [1.165, 1.54) is 0 Å². The monoisotopic (exact) mass is 198 g/mol. The number of rotatable bonds is 3. The molecule has 1 aliphatic heterocycles. The van der Waals surface area contributed by atoms with Gasteiger partial charge in [-0.1, -0.05) is 20.4 Å². The Balaban J connectivity index is 2.49. The van der Waals surface area contributed by atoms with Crippen molar-refractivity contribution in [1.29, 1.82) is 0 Å². The van der Waals surface area contributed by atoms with Gasteiger partial charge < -0.3 is 9.47 Å². The molecular weight excluding hydrogens is 184 g/mol. The van der Waals surface area contributed by atoms with Gasteiger partial charge >= 0.3 is 11.9 Å². The molecule has 0 spiro atoms. The van der Waals surface area contributed by atoms with E-state index in [-0.39, 0.29) is 24.1 Å². The van der Waals surface area contributed by atoms with Crippen LogP contribution in [0.2, 0.25) is 0 Å². The number of cyclic esters (lactones) is 1. The molecule has 4 heteroatoms. The van der Waals surface area contributed by atoms with Crippen LogP contribution in [0.1, 0.15) is 20.3 Å². The molecule has 14 heavy (non-hydrogen) atoms. The molecule has 1 heterocycles. The highest BCUT2D eigenvalue weighted by Gasteiger charge is 2.42. The molecule has 78 valence electrons. The fraction of sp³-hybridized carbons (Fsp3) is 0.600. The first-order valence-corrected chi connectivity index (χ1v) is 4.44. The highest BCUT2D eigenvalue weighted by molar-refractivity contribution is 5.81. The summed E-state index contributed by atoms with van der Waals surface area (Å²) in [6, 6.07) is 0. The fourth-order valence-corrected chi connectivity index (χ4v) is 1.32. The second-order valence-electron chi connectivity index (χ2n) is 3.98. The van der Waals surface area contributed by atoms with E-state index in [0.717, 1.165) is 6.08 Å². The third-order valence-electron chi connectivity index (χ3n) is 2.29. The van der Waals surface area contributed by atoms with Gasteiger partial charge in [-0.3, -0.25) is 4.79 Å². The summed E-state index contributed by atoms with van der Waals surface area (Å²) in [6.07, 6.45) is 1.10. The molecule has 4 nitrogen and oxygen atoms in total. The third kappa shape index (κ3) is 2.34. The van der Waals surface area contributed by atoms with Gasteiger partial charge in [-0.15, -0.1) is 0 Å². The molecule has 1 fully saturated rings. The summed E-state index contributed by atoms with van der Waals surface area (Å²) in [6.45, 7) is 7.19. The van der Waals surface area contributed by atoms with E-state index in [1.807, 2.05) is 13.8 Å². The minimum atomic E-state index is -0.497. The summed E-state index contributed by atoms with van der Waals surface area (Å²) in [7, 11) is 0. The predicted octanol–water partition coefficient (Wildman–Crippen LogP) is 1.06. The minimum absolute atomic E-state index is 0.101. The van der Waals surface area contributed by atoms with Crippen molar-refractivity contribution in [2.75, 3.05) is 6.61 Å². The smallest absolute Gasteiger partial charge is 0.330 e. The van der Waals surface area contributed by atoms with Crippen LogP contribution in [0.3, 0.4) is 0 Å². The van der Waals surface area contributed by atoms with Gasteiger partial charge in [-0.25, -0.2) is 4.79 Å². The van der Waals surface area contributed by atoms with Gasteiger partial charge in [0, 0.05) is 11.5 Å². The molecule has 0 amide bonds. The standard InChI is InChI=1S/C10H14O4/c1-4-8(11)13-6-7-10(2,3)5-9(12)14-7/h4,7H,1,5-6H2,2-3H3. The molecule has 0 N–H and O–H groups in total. The Morgan fingerprint density at radius 3 is 2.86 bits per heavy atom. The van der Waals surface area contributed by atoms with Crippen LogP contribution in [0, 0.1) is 5.41 Å². The molecular formula is C10H14O4. The molecule has 0 aromatic heterocycles. The highest BCUT2D eigenvalue weighted by atomic mass is 16.6. The van der Waals surface area contributed by atoms with Gasteiger partial charge in [0.15, 0.2) is 0 Å². The molecule has 0 radical (unpaired) electrons. The summed E-state index contributed by atoms with van der Waals surface area (Å²) in [4.78, 5) is 21.8.